The Bertz CT molecular complexity index is 1210. The Labute approximate surface area is 186 Å². The van der Waals surface area contributed by atoms with Gasteiger partial charge in [-0.05, 0) is 35.9 Å². The number of halogens is 4. The van der Waals surface area contributed by atoms with Crippen LogP contribution in [0.4, 0.5) is 18.9 Å². The van der Waals surface area contributed by atoms with E-state index in [1.807, 2.05) is 35.0 Å². The molecule has 32 heavy (non-hydrogen) atoms. The van der Waals surface area contributed by atoms with E-state index < -0.39 is 23.7 Å². The van der Waals surface area contributed by atoms with Gasteiger partial charge in [-0.1, -0.05) is 48.0 Å². The van der Waals surface area contributed by atoms with Crippen molar-refractivity contribution in [1.29, 1.82) is 0 Å². The van der Waals surface area contributed by atoms with Crippen LogP contribution in [0, 0.1) is 0 Å². The summed E-state index contributed by atoms with van der Waals surface area (Å²) < 4.78 is 42.2. The number of nitrogens with zero attached hydrogens (tertiary/aromatic N) is 2. The second-order valence-corrected chi connectivity index (χ2v) is 7.54. The van der Waals surface area contributed by atoms with Gasteiger partial charge < -0.3 is 9.72 Å². The highest BCUT2D eigenvalue weighted by Gasteiger charge is 2.35. The van der Waals surface area contributed by atoms with Gasteiger partial charge >= 0.3 is 6.18 Å². The number of amides is 1. The predicted molar refractivity (Wildman–Crippen MR) is 116 cm³/mol. The fourth-order valence-electron chi connectivity index (χ4n) is 3.35. The van der Waals surface area contributed by atoms with E-state index in [1.54, 1.807) is 30.3 Å². The summed E-state index contributed by atoms with van der Waals surface area (Å²) in [6.45, 7) is 0.238. The summed E-state index contributed by atoms with van der Waals surface area (Å²) in [4.78, 5) is 17.6. The summed E-state index contributed by atoms with van der Waals surface area (Å²) in [7, 11) is 0. The van der Waals surface area contributed by atoms with Crippen molar-refractivity contribution in [2.24, 2.45) is 0 Å². The summed E-state index contributed by atoms with van der Waals surface area (Å²) in [5.41, 5.74) is 0.678. The Balaban J connectivity index is 1.59. The highest BCUT2D eigenvalue weighted by molar-refractivity contribution is 6.30. The second-order valence-electron chi connectivity index (χ2n) is 7.10. The molecule has 0 aliphatic rings. The standard InChI is InChI=1S/C23H18ClF3N4O/c24-16-9-10-19(18(12-16)23(25,26)27)30-22(32)21(15-6-2-1-3-7-15)28-13-17-14-31-11-5-4-8-20(31)29-17/h1-12,14,21,28H,13H2,(H,30,32)/t21-/m1/s1. The molecule has 1 atom stereocenters. The fraction of sp³-hybridized carbons (Fsp3) is 0.130. The monoisotopic (exact) mass is 458 g/mol. The predicted octanol–water partition coefficient (Wildman–Crippen LogP) is 5.48. The third-order valence-corrected chi connectivity index (χ3v) is 5.08. The van der Waals surface area contributed by atoms with Gasteiger partial charge in [-0.3, -0.25) is 10.1 Å². The Morgan fingerprint density at radius 1 is 1.06 bits per heavy atom. The van der Waals surface area contributed by atoms with E-state index >= 15 is 0 Å². The number of anilines is 1. The topological polar surface area (TPSA) is 58.4 Å². The van der Waals surface area contributed by atoms with E-state index in [4.69, 9.17) is 11.6 Å². The molecule has 0 bridgehead atoms. The Hall–Kier alpha value is -3.36. The average molecular weight is 459 g/mol. The number of carbonyl (C=O) groups is 1. The number of pyridine rings is 1. The number of alkyl halides is 3. The zero-order valence-electron chi connectivity index (χ0n) is 16.6. The summed E-state index contributed by atoms with van der Waals surface area (Å²) >= 11 is 5.73. The highest BCUT2D eigenvalue weighted by Crippen LogP contribution is 2.36. The van der Waals surface area contributed by atoms with E-state index in [1.165, 1.54) is 6.07 Å². The summed E-state index contributed by atoms with van der Waals surface area (Å²) in [5, 5.41) is 5.44. The molecule has 0 aliphatic heterocycles. The van der Waals surface area contributed by atoms with Crippen LogP contribution in [0.3, 0.4) is 0 Å². The van der Waals surface area contributed by atoms with Crippen LogP contribution in [-0.2, 0) is 17.5 Å². The normalized spacial score (nSPS) is 12.6. The zero-order chi connectivity index (χ0) is 22.7. The van der Waals surface area contributed by atoms with Crippen LogP contribution < -0.4 is 10.6 Å². The summed E-state index contributed by atoms with van der Waals surface area (Å²) in [6, 6.07) is 16.7. The van der Waals surface area contributed by atoms with Crippen molar-refractivity contribution in [1.82, 2.24) is 14.7 Å². The quantitative estimate of drug-likeness (QED) is 0.402. The van der Waals surface area contributed by atoms with Crippen molar-refractivity contribution in [3.05, 3.63) is 101 Å². The molecule has 0 spiro atoms. The molecule has 1 amide bonds. The number of imidazole rings is 1. The van der Waals surface area contributed by atoms with E-state index in [0.29, 0.717) is 11.3 Å². The molecule has 0 saturated carbocycles. The number of nitrogens with one attached hydrogen (secondary N) is 2. The Kier molecular flexibility index (Phi) is 6.16. The van der Waals surface area contributed by atoms with E-state index in [0.717, 1.165) is 17.8 Å². The van der Waals surface area contributed by atoms with Gasteiger partial charge in [0.1, 0.15) is 11.7 Å². The molecule has 9 heteroatoms. The summed E-state index contributed by atoms with van der Waals surface area (Å²) in [6.07, 6.45) is -0.991. The first-order chi connectivity index (χ1) is 15.3. The smallest absolute Gasteiger partial charge is 0.324 e. The van der Waals surface area contributed by atoms with Gasteiger partial charge in [0.2, 0.25) is 5.91 Å². The number of carbonyl (C=O) groups excluding carboxylic acids is 1. The number of hydrogen-bond acceptors (Lipinski definition) is 3. The fourth-order valence-corrected chi connectivity index (χ4v) is 3.52. The van der Waals surface area contributed by atoms with Crippen molar-refractivity contribution in [3.8, 4) is 0 Å². The van der Waals surface area contributed by atoms with Gasteiger partial charge in [0.25, 0.3) is 0 Å². The van der Waals surface area contributed by atoms with Crippen LogP contribution in [0.15, 0.2) is 79.1 Å². The highest BCUT2D eigenvalue weighted by atomic mass is 35.5. The maximum absolute atomic E-state index is 13.4. The van der Waals surface area contributed by atoms with Crippen LogP contribution >= 0.6 is 11.6 Å². The van der Waals surface area contributed by atoms with Crippen LogP contribution in [-0.4, -0.2) is 15.3 Å². The first-order valence-electron chi connectivity index (χ1n) is 9.70. The van der Waals surface area contributed by atoms with E-state index in [-0.39, 0.29) is 17.3 Å². The van der Waals surface area contributed by atoms with Gasteiger partial charge in [-0.25, -0.2) is 4.98 Å². The third kappa shape index (κ3) is 4.92. The number of fused-ring (bicyclic) bond motifs is 1. The first-order valence-corrected chi connectivity index (χ1v) is 10.1. The number of hydrogen-bond donors (Lipinski definition) is 2. The Morgan fingerprint density at radius 2 is 1.81 bits per heavy atom. The minimum Gasteiger partial charge on any atom is -0.324 e. The molecule has 0 aliphatic carbocycles. The average Bonchev–Trinajstić information content (AvgIpc) is 3.18. The van der Waals surface area contributed by atoms with Crippen LogP contribution in [0.5, 0.6) is 0 Å². The van der Waals surface area contributed by atoms with E-state index in [2.05, 4.69) is 15.6 Å². The van der Waals surface area contributed by atoms with Crippen molar-refractivity contribution >= 4 is 28.8 Å². The van der Waals surface area contributed by atoms with Crippen LogP contribution in [0.1, 0.15) is 22.9 Å². The van der Waals surface area contributed by atoms with Gasteiger partial charge in [0.05, 0.1) is 16.9 Å². The lowest BCUT2D eigenvalue weighted by Gasteiger charge is -2.20. The van der Waals surface area contributed by atoms with Gasteiger partial charge in [0, 0.05) is 24.0 Å². The number of benzene rings is 2. The molecular weight excluding hydrogens is 441 g/mol. The molecule has 2 heterocycles. The lowest BCUT2D eigenvalue weighted by atomic mass is 10.1. The molecule has 2 aromatic heterocycles. The third-order valence-electron chi connectivity index (χ3n) is 4.84. The van der Waals surface area contributed by atoms with Crippen molar-refractivity contribution in [3.63, 3.8) is 0 Å². The molecule has 164 valence electrons. The summed E-state index contributed by atoms with van der Waals surface area (Å²) in [5.74, 6) is -0.632. The van der Waals surface area contributed by atoms with Crippen LogP contribution in [0.2, 0.25) is 5.02 Å². The second kappa shape index (κ2) is 9.02. The molecule has 0 fully saturated rings. The number of rotatable bonds is 6. The lowest BCUT2D eigenvalue weighted by Crippen LogP contribution is -2.33. The molecule has 4 rings (SSSR count). The van der Waals surface area contributed by atoms with Gasteiger partial charge in [-0.15, -0.1) is 0 Å². The molecule has 0 unspecified atom stereocenters. The molecular formula is C23H18ClF3N4O. The van der Waals surface area contributed by atoms with Gasteiger partial charge in [-0.2, -0.15) is 13.2 Å². The zero-order valence-corrected chi connectivity index (χ0v) is 17.4. The maximum Gasteiger partial charge on any atom is 0.418 e. The van der Waals surface area contributed by atoms with Gasteiger partial charge in [0.15, 0.2) is 0 Å². The van der Waals surface area contributed by atoms with Crippen molar-refractivity contribution in [2.75, 3.05) is 5.32 Å². The van der Waals surface area contributed by atoms with E-state index in [9.17, 15) is 18.0 Å². The lowest BCUT2D eigenvalue weighted by molar-refractivity contribution is -0.137. The molecule has 4 aromatic rings. The van der Waals surface area contributed by atoms with Crippen molar-refractivity contribution < 1.29 is 18.0 Å². The minimum absolute atomic E-state index is 0.0695. The largest absolute Gasteiger partial charge is 0.418 e. The molecule has 5 nitrogen and oxygen atoms in total. The molecule has 2 aromatic carbocycles. The molecule has 0 saturated heterocycles. The molecule has 2 N–H and O–H groups in total. The maximum atomic E-state index is 13.4. The SMILES string of the molecule is O=C(Nc1ccc(Cl)cc1C(F)(F)F)[C@H](NCc1cn2ccccc2n1)c1ccccc1. The Morgan fingerprint density at radius 3 is 2.53 bits per heavy atom. The van der Waals surface area contributed by atoms with Crippen molar-refractivity contribution in [2.45, 2.75) is 18.8 Å². The molecule has 0 radical (unpaired) electrons. The van der Waals surface area contributed by atoms with Crippen LogP contribution in [0.25, 0.3) is 5.65 Å². The first kappa shape index (κ1) is 21.9. The number of aromatic nitrogens is 2. The minimum atomic E-state index is -4.67.